The van der Waals surface area contributed by atoms with Crippen LogP contribution in [0.3, 0.4) is 0 Å². The molecule has 0 N–H and O–H groups in total. The van der Waals surface area contributed by atoms with E-state index >= 15 is 0 Å². The molecule has 3 rings (SSSR count). The normalized spacial score (nSPS) is 14.6. The number of non-ortho nitro benzene ring substituents is 2. The Morgan fingerprint density at radius 1 is 0.958 bits per heavy atom. The molecule has 0 bridgehead atoms. The van der Waals surface area contributed by atoms with E-state index < -0.39 is 25.6 Å². The molecule has 0 fully saturated rings. The van der Waals surface area contributed by atoms with Crippen LogP contribution in [0.25, 0.3) is 0 Å². The van der Waals surface area contributed by atoms with E-state index in [4.69, 9.17) is 4.74 Å². The Hall–Kier alpha value is -3.34. The van der Waals surface area contributed by atoms with Crippen LogP contribution in [0.5, 0.6) is 5.75 Å². The summed E-state index contributed by atoms with van der Waals surface area (Å²) in [6.45, 7) is 0. The highest BCUT2D eigenvalue weighted by atomic mass is 32.2. The predicted molar refractivity (Wildman–Crippen MR) is 80.5 cm³/mol. The van der Waals surface area contributed by atoms with Gasteiger partial charge in [0.2, 0.25) is 5.90 Å². The van der Waals surface area contributed by atoms with E-state index in [-0.39, 0.29) is 27.8 Å². The molecule has 2 aromatic rings. The van der Waals surface area contributed by atoms with E-state index in [0.717, 1.165) is 18.2 Å². The van der Waals surface area contributed by atoms with Crippen molar-refractivity contribution >= 4 is 27.3 Å². The number of hydrogen-bond donors (Lipinski definition) is 0. The average molecular weight is 349 g/mol. The fraction of sp³-hybridized carbons (Fsp3) is 0. The van der Waals surface area contributed by atoms with Crippen molar-refractivity contribution in [3.05, 3.63) is 68.3 Å². The molecule has 0 spiro atoms. The smallest absolute Gasteiger partial charge is 0.286 e. The number of benzene rings is 2. The van der Waals surface area contributed by atoms with Crippen LogP contribution in [-0.2, 0) is 10.0 Å². The lowest BCUT2D eigenvalue weighted by molar-refractivity contribution is -0.385. The molecule has 1 heterocycles. The molecular formula is C13H7N3O7S. The zero-order chi connectivity index (χ0) is 17.5. The van der Waals surface area contributed by atoms with Crippen LogP contribution < -0.4 is 4.74 Å². The number of sulfonamides is 1. The van der Waals surface area contributed by atoms with Crippen LogP contribution in [-0.4, -0.2) is 24.2 Å². The van der Waals surface area contributed by atoms with Gasteiger partial charge in [-0.25, -0.2) is 0 Å². The molecule has 10 nitrogen and oxygen atoms in total. The summed E-state index contributed by atoms with van der Waals surface area (Å²) in [4.78, 5) is 19.8. The Morgan fingerprint density at radius 3 is 2.29 bits per heavy atom. The van der Waals surface area contributed by atoms with Crippen molar-refractivity contribution in [3.63, 3.8) is 0 Å². The van der Waals surface area contributed by atoms with Crippen molar-refractivity contribution in [1.29, 1.82) is 0 Å². The van der Waals surface area contributed by atoms with Crippen LogP contribution in [0.2, 0.25) is 0 Å². The number of hydrogen-bond acceptors (Lipinski definition) is 7. The van der Waals surface area contributed by atoms with Gasteiger partial charge in [0.05, 0.1) is 21.5 Å². The lowest BCUT2D eigenvalue weighted by atomic mass is 10.2. The first-order valence-electron chi connectivity index (χ1n) is 6.34. The third-order valence-corrected chi connectivity index (χ3v) is 4.43. The van der Waals surface area contributed by atoms with Gasteiger partial charge in [0.1, 0.15) is 10.6 Å². The average Bonchev–Trinajstić information content (AvgIpc) is 2.78. The first kappa shape index (κ1) is 15.6. The van der Waals surface area contributed by atoms with E-state index in [0.29, 0.717) is 0 Å². The lowest BCUT2D eigenvalue weighted by Gasteiger charge is -2.05. The van der Waals surface area contributed by atoms with Gasteiger partial charge in [-0.05, 0) is 12.1 Å². The zero-order valence-corrected chi connectivity index (χ0v) is 12.5. The Kier molecular flexibility index (Phi) is 3.49. The first-order chi connectivity index (χ1) is 11.3. The summed E-state index contributed by atoms with van der Waals surface area (Å²) < 4.78 is 32.8. The second kappa shape index (κ2) is 5.38. The summed E-state index contributed by atoms with van der Waals surface area (Å²) in [5.41, 5.74) is -0.589. The highest BCUT2D eigenvalue weighted by molar-refractivity contribution is 7.90. The molecule has 11 heteroatoms. The molecule has 0 saturated carbocycles. The number of fused-ring (bicyclic) bond motifs is 1. The van der Waals surface area contributed by atoms with E-state index in [1.807, 2.05) is 0 Å². The summed E-state index contributed by atoms with van der Waals surface area (Å²) in [6, 6.07) is 8.33. The third-order valence-electron chi connectivity index (χ3n) is 3.13. The van der Waals surface area contributed by atoms with Gasteiger partial charge in [-0.2, -0.15) is 8.42 Å². The molecule has 0 radical (unpaired) electrons. The van der Waals surface area contributed by atoms with E-state index in [1.165, 1.54) is 24.3 Å². The lowest BCUT2D eigenvalue weighted by Crippen LogP contribution is -2.08. The Morgan fingerprint density at radius 2 is 1.62 bits per heavy atom. The van der Waals surface area contributed by atoms with E-state index in [9.17, 15) is 28.6 Å². The topological polar surface area (TPSA) is 142 Å². The quantitative estimate of drug-likeness (QED) is 0.609. The largest absolute Gasteiger partial charge is 0.437 e. The minimum atomic E-state index is -4.13. The molecule has 1 aliphatic rings. The van der Waals surface area contributed by atoms with Gasteiger partial charge in [-0.3, -0.25) is 20.2 Å². The molecule has 1 aliphatic heterocycles. The molecule has 0 saturated heterocycles. The van der Waals surface area contributed by atoms with Crippen molar-refractivity contribution < 1.29 is 23.0 Å². The molecule has 0 aliphatic carbocycles. The molecule has 0 aromatic heterocycles. The zero-order valence-electron chi connectivity index (χ0n) is 11.6. The van der Waals surface area contributed by atoms with Gasteiger partial charge >= 0.3 is 0 Å². The second-order valence-electron chi connectivity index (χ2n) is 4.67. The standard InChI is InChI=1S/C13H7N3O7S/c17-15(18)8-2-1-3-10(6-8)23-13-11-5-4-9(16(19)20)7-12(11)24(21,22)14-13/h1-7H. The molecule has 24 heavy (non-hydrogen) atoms. The van der Waals surface area contributed by atoms with Gasteiger partial charge in [0.15, 0.2) is 0 Å². The SMILES string of the molecule is O=[N+]([O-])c1cccc(OC2=NS(=O)(=O)c3cc([N+](=O)[O-])ccc32)c1. The summed E-state index contributed by atoms with van der Waals surface area (Å²) in [5.74, 6) is -0.287. The summed E-state index contributed by atoms with van der Waals surface area (Å²) >= 11 is 0. The Labute approximate surface area is 134 Å². The minimum Gasteiger partial charge on any atom is -0.437 e. The number of rotatable bonds is 3. The number of nitrogens with zero attached hydrogens (tertiary/aromatic N) is 3. The van der Waals surface area contributed by atoms with Crippen molar-refractivity contribution in [2.75, 3.05) is 0 Å². The fourth-order valence-electron chi connectivity index (χ4n) is 2.07. The molecule has 2 aromatic carbocycles. The van der Waals surface area contributed by atoms with Crippen molar-refractivity contribution in [2.45, 2.75) is 4.90 Å². The number of nitro benzene ring substituents is 2. The van der Waals surface area contributed by atoms with Gasteiger partial charge < -0.3 is 4.74 Å². The van der Waals surface area contributed by atoms with Crippen LogP contribution in [0.1, 0.15) is 5.56 Å². The van der Waals surface area contributed by atoms with Crippen molar-refractivity contribution in [2.24, 2.45) is 4.40 Å². The summed E-state index contributed by atoms with van der Waals surface area (Å²) in [5, 5.41) is 21.5. The number of nitro groups is 2. The van der Waals surface area contributed by atoms with Crippen LogP contribution in [0, 0.1) is 20.2 Å². The van der Waals surface area contributed by atoms with Crippen molar-refractivity contribution in [3.8, 4) is 5.75 Å². The van der Waals surface area contributed by atoms with Crippen LogP contribution in [0.4, 0.5) is 11.4 Å². The van der Waals surface area contributed by atoms with Crippen LogP contribution in [0.15, 0.2) is 51.8 Å². The maximum absolute atomic E-state index is 12.0. The van der Waals surface area contributed by atoms with Gasteiger partial charge in [-0.1, -0.05) is 6.07 Å². The van der Waals surface area contributed by atoms with Gasteiger partial charge in [0, 0.05) is 18.2 Å². The second-order valence-corrected chi connectivity index (χ2v) is 6.24. The Balaban J connectivity index is 2.02. The van der Waals surface area contributed by atoms with Gasteiger partial charge in [-0.15, -0.1) is 4.40 Å². The predicted octanol–water partition coefficient (Wildman–Crippen LogP) is 2.03. The summed E-state index contributed by atoms with van der Waals surface area (Å²) in [6.07, 6.45) is 0. The maximum atomic E-state index is 12.0. The molecule has 0 amide bonds. The molecule has 122 valence electrons. The highest BCUT2D eigenvalue weighted by Crippen LogP contribution is 2.31. The summed E-state index contributed by atoms with van der Waals surface area (Å²) in [7, 11) is -4.13. The fourth-order valence-corrected chi connectivity index (χ4v) is 3.22. The van der Waals surface area contributed by atoms with E-state index in [1.54, 1.807) is 0 Å². The molecule has 0 unspecified atom stereocenters. The van der Waals surface area contributed by atoms with Crippen molar-refractivity contribution in [1.82, 2.24) is 0 Å². The molecule has 0 atom stereocenters. The number of ether oxygens (including phenoxy) is 1. The maximum Gasteiger partial charge on any atom is 0.286 e. The van der Waals surface area contributed by atoms with E-state index in [2.05, 4.69) is 4.40 Å². The van der Waals surface area contributed by atoms with Crippen LogP contribution >= 0.6 is 0 Å². The van der Waals surface area contributed by atoms with Gasteiger partial charge in [0.25, 0.3) is 21.4 Å². The monoisotopic (exact) mass is 349 g/mol. The molecular weight excluding hydrogens is 342 g/mol. The highest BCUT2D eigenvalue weighted by Gasteiger charge is 2.32. The third kappa shape index (κ3) is 2.67. The first-order valence-corrected chi connectivity index (χ1v) is 7.78. The Bertz CT molecular complexity index is 1010. The minimum absolute atomic E-state index is 0.0179.